The second-order valence-corrected chi connectivity index (χ2v) is 4.32. The van der Waals surface area contributed by atoms with Crippen molar-refractivity contribution in [3.8, 4) is 5.75 Å². The molecule has 1 atom stereocenters. The number of anilines is 2. The molecule has 0 aromatic heterocycles. The molecule has 0 heterocycles. The minimum atomic E-state index is -0.502. The molecular weight excluding hydrogens is 244 g/mol. The molecule has 0 saturated heterocycles. The first-order valence-electron chi connectivity index (χ1n) is 6.44. The Morgan fingerprint density at radius 3 is 2.84 bits per heavy atom. The average molecular weight is 266 g/mol. The molecule has 0 aliphatic heterocycles. The molecular formula is C14H22N2O3. The highest BCUT2D eigenvalue weighted by Gasteiger charge is 2.15. The van der Waals surface area contributed by atoms with E-state index in [9.17, 15) is 4.79 Å². The zero-order chi connectivity index (χ0) is 14.3. The number of nitrogens with two attached hydrogens (primary N) is 1. The van der Waals surface area contributed by atoms with Crippen LogP contribution in [0.25, 0.3) is 0 Å². The Labute approximate surface area is 114 Å². The number of benzene rings is 1. The van der Waals surface area contributed by atoms with E-state index in [2.05, 4.69) is 12.2 Å². The molecule has 1 aromatic carbocycles. The summed E-state index contributed by atoms with van der Waals surface area (Å²) in [4.78, 5) is 12.0. The molecule has 19 heavy (non-hydrogen) atoms. The molecule has 0 saturated carbocycles. The van der Waals surface area contributed by atoms with E-state index in [4.69, 9.17) is 15.2 Å². The van der Waals surface area contributed by atoms with E-state index in [1.807, 2.05) is 0 Å². The van der Waals surface area contributed by atoms with Crippen LogP contribution in [0.5, 0.6) is 5.75 Å². The van der Waals surface area contributed by atoms with E-state index in [0.717, 1.165) is 12.8 Å². The Kier molecular flexibility index (Phi) is 6.15. The normalized spacial score (nSPS) is 11.9. The maximum Gasteiger partial charge on any atom is 0.253 e. The predicted molar refractivity (Wildman–Crippen MR) is 76.4 cm³/mol. The summed E-state index contributed by atoms with van der Waals surface area (Å²) in [5, 5.41) is 2.76. The first kappa shape index (κ1) is 15.3. The van der Waals surface area contributed by atoms with Gasteiger partial charge in [-0.2, -0.15) is 0 Å². The fourth-order valence-corrected chi connectivity index (χ4v) is 1.54. The summed E-state index contributed by atoms with van der Waals surface area (Å²) in [5.41, 5.74) is 6.81. The smallest absolute Gasteiger partial charge is 0.253 e. The summed E-state index contributed by atoms with van der Waals surface area (Å²) in [7, 11) is 1.54. The van der Waals surface area contributed by atoms with Crippen molar-refractivity contribution in [2.45, 2.75) is 32.8 Å². The third-order valence-corrected chi connectivity index (χ3v) is 2.72. The van der Waals surface area contributed by atoms with Gasteiger partial charge < -0.3 is 20.5 Å². The van der Waals surface area contributed by atoms with Crippen LogP contribution in [-0.2, 0) is 9.53 Å². The van der Waals surface area contributed by atoms with E-state index in [1.165, 1.54) is 0 Å². The fraction of sp³-hybridized carbons (Fsp3) is 0.500. The standard InChI is InChI=1S/C14H22N2O3/c1-4-5-8-19-10(2)14(17)16-12-9-11(15)6-7-13(12)18-3/h6-7,9-10H,4-5,8,15H2,1-3H3,(H,16,17). The largest absolute Gasteiger partial charge is 0.495 e. The van der Waals surface area contributed by atoms with Crippen molar-refractivity contribution in [1.82, 2.24) is 0 Å². The number of nitrogen functional groups attached to an aromatic ring is 1. The van der Waals surface area contributed by atoms with Crippen molar-refractivity contribution in [3.05, 3.63) is 18.2 Å². The van der Waals surface area contributed by atoms with E-state index in [-0.39, 0.29) is 5.91 Å². The third-order valence-electron chi connectivity index (χ3n) is 2.72. The molecule has 1 unspecified atom stereocenters. The maximum atomic E-state index is 12.0. The predicted octanol–water partition coefficient (Wildman–Crippen LogP) is 2.42. The van der Waals surface area contributed by atoms with Crippen LogP contribution in [0.2, 0.25) is 0 Å². The lowest BCUT2D eigenvalue weighted by Gasteiger charge is -2.15. The molecule has 0 bridgehead atoms. The molecule has 5 nitrogen and oxygen atoms in total. The van der Waals surface area contributed by atoms with Crippen LogP contribution in [0.15, 0.2) is 18.2 Å². The van der Waals surface area contributed by atoms with Crippen molar-refractivity contribution in [2.75, 3.05) is 24.8 Å². The number of carbonyl (C=O) groups excluding carboxylic acids is 1. The number of rotatable bonds is 7. The van der Waals surface area contributed by atoms with Crippen molar-refractivity contribution in [1.29, 1.82) is 0 Å². The zero-order valence-electron chi connectivity index (χ0n) is 11.7. The van der Waals surface area contributed by atoms with Crippen LogP contribution in [-0.4, -0.2) is 25.7 Å². The van der Waals surface area contributed by atoms with E-state index < -0.39 is 6.10 Å². The summed E-state index contributed by atoms with van der Waals surface area (Å²) in [6.45, 7) is 4.38. The molecule has 1 amide bonds. The average Bonchev–Trinajstić information content (AvgIpc) is 2.39. The molecule has 0 aliphatic rings. The number of unbranched alkanes of at least 4 members (excludes halogenated alkanes) is 1. The van der Waals surface area contributed by atoms with Gasteiger partial charge in [0.05, 0.1) is 12.8 Å². The van der Waals surface area contributed by atoms with Gasteiger partial charge in [0.2, 0.25) is 0 Å². The molecule has 0 fully saturated rings. The first-order chi connectivity index (χ1) is 9.08. The molecule has 3 N–H and O–H groups in total. The van der Waals surface area contributed by atoms with Gasteiger partial charge in [0, 0.05) is 12.3 Å². The lowest BCUT2D eigenvalue weighted by atomic mass is 10.2. The zero-order valence-corrected chi connectivity index (χ0v) is 11.7. The van der Waals surface area contributed by atoms with E-state index >= 15 is 0 Å². The lowest BCUT2D eigenvalue weighted by molar-refractivity contribution is -0.126. The number of amides is 1. The molecule has 1 aromatic rings. The Bertz CT molecular complexity index is 421. The first-order valence-corrected chi connectivity index (χ1v) is 6.44. The Hall–Kier alpha value is -1.75. The second kappa shape index (κ2) is 7.63. The van der Waals surface area contributed by atoms with Gasteiger partial charge in [-0.15, -0.1) is 0 Å². The van der Waals surface area contributed by atoms with Gasteiger partial charge in [0.1, 0.15) is 11.9 Å². The van der Waals surface area contributed by atoms with Crippen LogP contribution in [0, 0.1) is 0 Å². The van der Waals surface area contributed by atoms with Crippen molar-refractivity contribution in [2.24, 2.45) is 0 Å². The Morgan fingerprint density at radius 1 is 1.47 bits per heavy atom. The monoisotopic (exact) mass is 266 g/mol. The number of ether oxygens (including phenoxy) is 2. The van der Waals surface area contributed by atoms with Crippen molar-refractivity contribution < 1.29 is 14.3 Å². The van der Waals surface area contributed by atoms with Crippen molar-refractivity contribution >= 4 is 17.3 Å². The number of methoxy groups -OCH3 is 1. The summed E-state index contributed by atoms with van der Waals surface area (Å²) < 4.78 is 10.6. The summed E-state index contributed by atoms with van der Waals surface area (Å²) in [5.74, 6) is 0.364. The van der Waals surface area contributed by atoms with Gasteiger partial charge in [-0.1, -0.05) is 13.3 Å². The van der Waals surface area contributed by atoms with Gasteiger partial charge in [-0.25, -0.2) is 0 Å². The van der Waals surface area contributed by atoms with Gasteiger partial charge in [0.15, 0.2) is 0 Å². The highest BCUT2D eigenvalue weighted by atomic mass is 16.5. The van der Waals surface area contributed by atoms with E-state index in [0.29, 0.717) is 23.7 Å². The maximum absolute atomic E-state index is 12.0. The van der Waals surface area contributed by atoms with Crippen LogP contribution in [0.1, 0.15) is 26.7 Å². The van der Waals surface area contributed by atoms with Gasteiger partial charge in [0.25, 0.3) is 5.91 Å². The topological polar surface area (TPSA) is 73.6 Å². The van der Waals surface area contributed by atoms with Gasteiger partial charge in [-0.05, 0) is 31.5 Å². The number of nitrogens with one attached hydrogen (secondary N) is 1. The molecule has 0 aliphatic carbocycles. The van der Waals surface area contributed by atoms with Crippen LogP contribution in [0.4, 0.5) is 11.4 Å². The molecule has 5 heteroatoms. The molecule has 106 valence electrons. The van der Waals surface area contributed by atoms with Gasteiger partial charge >= 0.3 is 0 Å². The second-order valence-electron chi connectivity index (χ2n) is 4.32. The summed E-state index contributed by atoms with van der Waals surface area (Å²) in [6.07, 6.45) is 1.48. The van der Waals surface area contributed by atoms with Crippen LogP contribution >= 0.6 is 0 Å². The summed E-state index contributed by atoms with van der Waals surface area (Å²) in [6, 6.07) is 5.10. The van der Waals surface area contributed by atoms with Crippen LogP contribution < -0.4 is 15.8 Å². The minimum Gasteiger partial charge on any atom is -0.495 e. The highest BCUT2D eigenvalue weighted by molar-refractivity contribution is 5.95. The Morgan fingerprint density at radius 2 is 2.21 bits per heavy atom. The molecule has 0 radical (unpaired) electrons. The quantitative estimate of drug-likeness (QED) is 0.587. The number of carbonyl (C=O) groups is 1. The summed E-state index contributed by atoms with van der Waals surface area (Å²) >= 11 is 0. The number of hydrogen-bond donors (Lipinski definition) is 2. The lowest BCUT2D eigenvalue weighted by Crippen LogP contribution is -2.28. The number of hydrogen-bond acceptors (Lipinski definition) is 4. The van der Waals surface area contributed by atoms with Crippen LogP contribution in [0.3, 0.4) is 0 Å². The SMILES string of the molecule is CCCCOC(C)C(=O)Nc1cc(N)ccc1OC. The van der Waals surface area contributed by atoms with Crippen molar-refractivity contribution in [3.63, 3.8) is 0 Å². The highest BCUT2D eigenvalue weighted by Crippen LogP contribution is 2.26. The van der Waals surface area contributed by atoms with Gasteiger partial charge in [-0.3, -0.25) is 4.79 Å². The fourth-order valence-electron chi connectivity index (χ4n) is 1.54. The third kappa shape index (κ3) is 4.79. The van der Waals surface area contributed by atoms with E-state index in [1.54, 1.807) is 32.2 Å². The molecule has 1 rings (SSSR count). The minimum absolute atomic E-state index is 0.208. The Balaban J connectivity index is 2.63. The molecule has 0 spiro atoms.